The highest BCUT2D eigenvalue weighted by Crippen LogP contribution is 2.44. The van der Waals surface area contributed by atoms with Crippen LogP contribution >= 0.6 is 11.6 Å². The number of hydrogen-bond donors (Lipinski definition) is 4. The first-order valence-electron chi connectivity index (χ1n) is 21.6. The van der Waals surface area contributed by atoms with E-state index in [-0.39, 0.29) is 51.0 Å². The quantitative estimate of drug-likeness (QED) is 0.216. The molecule has 2 saturated carbocycles. The monoisotopic (exact) mass is 827 g/mol. The van der Waals surface area contributed by atoms with Crippen LogP contribution in [0.15, 0.2) is 102 Å². The number of nitrogens with zero attached hydrogens (tertiary/aromatic N) is 1. The van der Waals surface area contributed by atoms with E-state index < -0.39 is 5.66 Å². The minimum atomic E-state index is -0.602. The lowest BCUT2D eigenvalue weighted by Gasteiger charge is -2.37. The van der Waals surface area contributed by atoms with Crippen LogP contribution in [0.1, 0.15) is 76.7 Å². The van der Waals surface area contributed by atoms with Crippen LogP contribution in [0.4, 0.5) is 17.1 Å². The number of ether oxygens (including phenoxy) is 1. The van der Waals surface area contributed by atoms with Gasteiger partial charge in [0, 0.05) is 77.2 Å². The van der Waals surface area contributed by atoms with E-state index in [4.69, 9.17) is 16.3 Å². The van der Waals surface area contributed by atoms with Crippen molar-refractivity contribution in [1.29, 1.82) is 0 Å². The molecule has 0 amide bonds. The molecule has 3 heterocycles. The molecule has 11 heteroatoms. The van der Waals surface area contributed by atoms with Crippen molar-refractivity contribution in [1.82, 2.24) is 0 Å². The SMILES string of the molecule is CCN1/C(=C/C2=C([O-])C(=c3\ccc4ccc(C5=C([O-])/C(=c6\ccc7cccc8c7c6=[NH+]C6(CCCCC6)N8)C5=O)c5c4c3=[NH+]C3(CCCCC3)N5)/C2=O)Oc2cc(Cl)ccc21. The van der Waals surface area contributed by atoms with E-state index in [1.165, 1.54) is 12.5 Å². The Hall–Kier alpha value is -6.39. The fourth-order valence-electron chi connectivity index (χ4n) is 11.1. The Bertz CT molecular complexity index is 3260. The Balaban J connectivity index is 1.04. The molecule has 304 valence electrons. The highest BCUT2D eigenvalue weighted by Gasteiger charge is 2.44. The third-order valence-electron chi connectivity index (χ3n) is 14.0. The first-order valence-corrected chi connectivity index (χ1v) is 22.0. The van der Waals surface area contributed by atoms with Gasteiger partial charge in [-0.2, -0.15) is 0 Å². The zero-order valence-electron chi connectivity index (χ0n) is 33.7. The van der Waals surface area contributed by atoms with Crippen molar-refractivity contribution in [3.63, 3.8) is 0 Å². The van der Waals surface area contributed by atoms with Crippen molar-refractivity contribution >= 4 is 78.5 Å². The second kappa shape index (κ2) is 13.1. The van der Waals surface area contributed by atoms with Crippen LogP contribution in [0.5, 0.6) is 5.75 Å². The molecular formula is C50H42ClN5O5. The van der Waals surface area contributed by atoms with Crippen LogP contribution in [-0.4, -0.2) is 29.4 Å². The molecular weight excluding hydrogens is 786 g/mol. The topological polar surface area (TPSA) is 145 Å². The average Bonchev–Trinajstić information content (AvgIpc) is 3.62. The first-order chi connectivity index (χ1) is 29.7. The fraction of sp³-hybridized carbons (Fsp3) is 0.280. The molecule has 0 aromatic heterocycles. The number of carbonyl (C=O) groups excluding carboxylic acids is 2. The van der Waals surface area contributed by atoms with Gasteiger partial charge < -0.3 is 30.5 Å². The van der Waals surface area contributed by atoms with Gasteiger partial charge in [0.05, 0.1) is 38.3 Å². The average molecular weight is 828 g/mol. The van der Waals surface area contributed by atoms with Gasteiger partial charge in [0.25, 0.3) is 0 Å². The second-order valence-electron chi connectivity index (χ2n) is 17.5. The van der Waals surface area contributed by atoms with E-state index in [1.54, 1.807) is 12.1 Å². The zero-order valence-corrected chi connectivity index (χ0v) is 34.4. The second-order valence-corrected chi connectivity index (χ2v) is 18.0. The number of allylic oxidation sites excluding steroid dienone is 5. The summed E-state index contributed by atoms with van der Waals surface area (Å²) in [5, 5.41) is 43.2. The lowest BCUT2D eigenvalue weighted by molar-refractivity contribution is -0.588. The van der Waals surface area contributed by atoms with E-state index >= 15 is 0 Å². The van der Waals surface area contributed by atoms with Crippen LogP contribution in [0, 0.1) is 0 Å². The van der Waals surface area contributed by atoms with Gasteiger partial charge in [-0.15, -0.1) is 0 Å². The third kappa shape index (κ3) is 5.21. The number of anilines is 3. The van der Waals surface area contributed by atoms with Crippen molar-refractivity contribution in [2.24, 2.45) is 0 Å². The Labute approximate surface area is 355 Å². The number of carbonyl (C=O) groups is 2. The minimum absolute atomic E-state index is 0.0498. The summed E-state index contributed by atoms with van der Waals surface area (Å²) in [6.45, 7) is 2.53. The maximum absolute atomic E-state index is 14.6. The molecule has 0 saturated heterocycles. The van der Waals surface area contributed by atoms with Crippen molar-refractivity contribution < 1.29 is 34.5 Å². The molecule has 3 aliphatic heterocycles. The highest BCUT2D eigenvalue weighted by atomic mass is 35.5. The molecule has 2 spiro atoms. The Kier molecular flexibility index (Phi) is 7.80. The summed E-state index contributed by atoms with van der Waals surface area (Å²) in [4.78, 5) is 38.3. The van der Waals surface area contributed by atoms with Crippen molar-refractivity contribution in [2.45, 2.75) is 82.5 Å². The predicted molar refractivity (Wildman–Crippen MR) is 229 cm³/mol. The minimum Gasteiger partial charge on any atom is -0.871 e. The Morgan fingerprint density at radius 1 is 0.738 bits per heavy atom. The molecule has 10 nitrogen and oxygen atoms in total. The lowest BCUT2D eigenvalue weighted by atomic mass is 9.79. The number of Topliss-reactive ketones (excluding diaryl/α,β-unsaturated/α-hetero) is 2. The number of nitrogens with one attached hydrogen (secondary N) is 4. The van der Waals surface area contributed by atoms with Crippen LogP contribution in [-0.2, 0) is 9.59 Å². The van der Waals surface area contributed by atoms with Gasteiger partial charge in [0.1, 0.15) is 0 Å². The normalized spacial score (nSPS) is 23.0. The van der Waals surface area contributed by atoms with E-state index in [0.717, 1.165) is 96.1 Å². The van der Waals surface area contributed by atoms with Crippen LogP contribution in [0.3, 0.4) is 0 Å². The summed E-state index contributed by atoms with van der Waals surface area (Å²) in [5.41, 5.74) is 2.60. The summed E-state index contributed by atoms with van der Waals surface area (Å²) in [6.07, 6.45) is 11.4. The van der Waals surface area contributed by atoms with Crippen LogP contribution in [0.2, 0.25) is 5.02 Å². The Morgan fingerprint density at radius 3 is 2.05 bits per heavy atom. The van der Waals surface area contributed by atoms with Gasteiger partial charge in [0.15, 0.2) is 17.3 Å². The molecule has 61 heavy (non-hydrogen) atoms. The van der Waals surface area contributed by atoms with Gasteiger partial charge in [-0.25, -0.2) is 9.98 Å². The zero-order chi connectivity index (χ0) is 41.4. The summed E-state index contributed by atoms with van der Waals surface area (Å²) >= 11 is 6.24. The molecule has 5 aromatic rings. The number of hydrogen-bond acceptors (Lipinski definition) is 8. The molecule has 12 rings (SSSR count). The van der Waals surface area contributed by atoms with Gasteiger partial charge in [0.2, 0.25) is 27.9 Å². The summed E-state index contributed by atoms with van der Waals surface area (Å²) in [5.74, 6) is -0.340. The van der Waals surface area contributed by atoms with Crippen molar-refractivity contribution in [2.75, 3.05) is 22.1 Å². The number of ketones is 2. The number of halogens is 1. The van der Waals surface area contributed by atoms with E-state index in [2.05, 4.69) is 32.8 Å². The molecule has 7 aliphatic rings. The molecule has 4 aliphatic carbocycles. The van der Waals surface area contributed by atoms with Gasteiger partial charge in [-0.1, -0.05) is 72.4 Å². The lowest BCUT2D eigenvalue weighted by Crippen LogP contribution is -2.96. The molecule has 0 bridgehead atoms. The number of benzene rings is 5. The molecule has 0 radical (unpaired) electrons. The van der Waals surface area contributed by atoms with E-state index in [1.807, 2.05) is 60.4 Å². The maximum Gasteiger partial charge on any atom is 0.234 e. The van der Waals surface area contributed by atoms with Crippen molar-refractivity contribution in [3.8, 4) is 5.75 Å². The smallest absolute Gasteiger partial charge is 0.234 e. The summed E-state index contributed by atoms with van der Waals surface area (Å²) in [7, 11) is 0. The van der Waals surface area contributed by atoms with Crippen LogP contribution in [0.25, 0.3) is 38.3 Å². The molecule has 0 atom stereocenters. The molecule has 4 N–H and O–H groups in total. The standard InChI is InChI=1S/C50H42ClN5O5/c1-2-56-34-19-15-28(51)24-35(34)61-36(56)25-32-45(57)39(46(32)58)29-17-13-27-14-18-31(44-38(27)43(29)54-50(55-44)22-7-4-8-23-50)41-47(59)40(48(41)60)30-16-12-26-10-9-11-33-37(26)42(30)53-49(52-33)20-5-3-6-21-49/h9-19,24-25,52,55,57,59H,2-8,20-23H2,1H3/b36-25-,39-29-,40-30-. The number of fused-ring (bicyclic) bond motifs is 1. The first kappa shape index (κ1) is 36.5. The molecule has 5 aromatic carbocycles. The van der Waals surface area contributed by atoms with Crippen molar-refractivity contribution in [3.05, 3.63) is 134 Å². The molecule has 2 fully saturated rings. The summed E-state index contributed by atoms with van der Waals surface area (Å²) < 4.78 is 6.09. The summed E-state index contributed by atoms with van der Waals surface area (Å²) in [6, 6.07) is 23.0. The van der Waals surface area contributed by atoms with Gasteiger partial charge >= 0.3 is 0 Å². The van der Waals surface area contributed by atoms with Gasteiger partial charge in [-0.05, 0) is 73.7 Å². The molecule has 0 unspecified atom stereocenters. The fourth-order valence-corrected chi connectivity index (χ4v) is 11.2. The van der Waals surface area contributed by atoms with Gasteiger partial charge in [-0.3, -0.25) is 9.59 Å². The largest absolute Gasteiger partial charge is 0.871 e. The predicted octanol–water partition coefficient (Wildman–Crippen LogP) is 1.83. The third-order valence-corrected chi connectivity index (χ3v) is 14.3. The highest BCUT2D eigenvalue weighted by molar-refractivity contribution is 6.52. The van der Waals surface area contributed by atoms with E-state index in [9.17, 15) is 19.8 Å². The number of rotatable bonds is 3. The van der Waals surface area contributed by atoms with Crippen LogP contribution < -0.4 is 61.6 Å². The van der Waals surface area contributed by atoms with E-state index in [0.29, 0.717) is 50.2 Å². The Morgan fingerprint density at radius 2 is 1.38 bits per heavy atom. The maximum atomic E-state index is 14.6.